The number of rotatable bonds is 3. The number of benzene rings is 2. The maximum atomic E-state index is 12.5. The molecule has 0 bridgehead atoms. The van der Waals surface area contributed by atoms with Crippen molar-refractivity contribution in [2.45, 2.75) is 24.0 Å². The fourth-order valence-electron chi connectivity index (χ4n) is 2.44. The molecule has 0 saturated carbocycles. The maximum absolute atomic E-state index is 12.5. The van der Waals surface area contributed by atoms with Gasteiger partial charge in [0.2, 0.25) is 5.91 Å². The van der Waals surface area contributed by atoms with Crippen LogP contribution >= 0.6 is 11.8 Å². The standard InChI is InChI=1S/C18H16N2O3S/c1-10(21)13-5-3-4-6-14(13)19-18(23)12-7-8-16-15(9-12)20-17(22)11(2)24-16/h3-9,11H,1-2H3,(H,19,23)(H,20,22)/t11-/m0/s1. The zero-order valence-corrected chi connectivity index (χ0v) is 14.1. The van der Waals surface area contributed by atoms with Crippen LogP contribution in [0.3, 0.4) is 0 Å². The number of carbonyl (C=O) groups excluding carboxylic acids is 3. The van der Waals surface area contributed by atoms with Gasteiger partial charge in [-0.15, -0.1) is 11.8 Å². The van der Waals surface area contributed by atoms with Gasteiger partial charge in [0.05, 0.1) is 16.6 Å². The van der Waals surface area contributed by atoms with Crippen LogP contribution in [0.2, 0.25) is 0 Å². The number of anilines is 2. The lowest BCUT2D eigenvalue weighted by atomic mass is 10.1. The van der Waals surface area contributed by atoms with Crippen molar-refractivity contribution in [2.24, 2.45) is 0 Å². The average molecular weight is 340 g/mol. The Balaban J connectivity index is 1.86. The molecule has 5 nitrogen and oxygen atoms in total. The van der Waals surface area contributed by atoms with Crippen LogP contribution in [-0.2, 0) is 4.79 Å². The minimum atomic E-state index is -0.329. The third kappa shape index (κ3) is 3.19. The van der Waals surface area contributed by atoms with Crippen LogP contribution < -0.4 is 10.6 Å². The van der Waals surface area contributed by atoms with E-state index in [0.29, 0.717) is 22.5 Å². The molecule has 1 heterocycles. The summed E-state index contributed by atoms with van der Waals surface area (Å²) < 4.78 is 0. The van der Waals surface area contributed by atoms with Crippen molar-refractivity contribution < 1.29 is 14.4 Å². The molecule has 0 radical (unpaired) electrons. The number of ketones is 1. The van der Waals surface area contributed by atoms with Gasteiger partial charge in [-0.05, 0) is 44.2 Å². The third-order valence-corrected chi connectivity index (χ3v) is 4.90. The van der Waals surface area contributed by atoms with E-state index in [0.717, 1.165) is 4.90 Å². The second-order valence-corrected chi connectivity index (χ2v) is 6.90. The quantitative estimate of drug-likeness (QED) is 0.838. The summed E-state index contributed by atoms with van der Waals surface area (Å²) in [6, 6.07) is 12.0. The van der Waals surface area contributed by atoms with Crippen molar-refractivity contribution in [2.75, 3.05) is 10.6 Å². The van der Waals surface area contributed by atoms with Gasteiger partial charge in [-0.1, -0.05) is 12.1 Å². The Kier molecular flexibility index (Phi) is 4.40. The highest BCUT2D eigenvalue weighted by atomic mass is 32.2. The highest BCUT2D eigenvalue weighted by Crippen LogP contribution is 2.36. The number of thioether (sulfide) groups is 1. The van der Waals surface area contributed by atoms with E-state index in [1.54, 1.807) is 36.4 Å². The van der Waals surface area contributed by atoms with E-state index in [1.165, 1.54) is 18.7 Å². The zero-order chi connectivity index (χ0) is 17.3. The number of hydrogen-bond donors (Lipinski definition) is 2. The van der Waals surface area contributed by atoms with Crippen LogP contribution in [0.25, 0.3) is 0 Å². The van der Waals surface area contributed by atoms with Crippen LogP contribution in [0.5, 0.6) is 0 Å². The van der Waals surface area contributed by atoms with Gasteiger partial charge in [0, 0.05) is 16.0 Å². The average Bonchev–Trinajstić information content (AvgIpc) is 2.55. The second kappa shape index (κ2) is 6.49. The Morgan fingerprint density at radius 2 is 1.92 bits per heavy atom. The highest BCUT2D eigenvalue weighted by molar-refractivity contribution is 8.00. The van der Waals surface area contributed by atoms with Gasteiger partial charge in [-0.25, -0.2) is 0 Å². The fourth-order valence-corrected chi connectivity index (χ4v) is 3.37. The smallest absolute Gasteiger partial charge is 0.255 e. The first kappa shape index (κ1) is 16.3. The van der Waals surface area contributed by atoms with Gasteiger partial charge >= 0.3 is 0 Å². The molecule has 0 aromatic heterocycles. The summed E-state index contributed by atoms with van der Waals surface area (Å²) in [5.74, 6) is -0.523. The van der Waals surface area contributed by atoms with Gasteiger partial charge in [0.25, 0.3) is 5.91 Å². The van der Waals surface area contributed by atoms with E-state index in [9.17, 15) is 14.4 Å². The van der Waals surface area contributed by atoms with Crippen LogP contribution in [0.4, 0.5) is 11.4 Å². The first-order chi connectivity index (χ1) is 11.5. The predicted molar refractivity (Wildman–Crippen MR) is 94.8 cm³/mol. The van der Waals surface area contributed by atoms with Gasteiger partial charge in [-0.3, -0.25) is 14.4 Å². The molecule has 0 unspecified atom stereocenters. The molecule has 0 fully saturated rings. The van der Waals surface area contributed by atoms with Gasteiger partial charge in [-0.2, -0.15) is 0 Å². The lowest BCUT2D eigenvalue weighted by molar-refractivity contribution is -0.115. The van der Waals surface area contributed by atoms with E-state index in [1.807, 2.05) is 13.0 Å². The molecule has 3 rings (SSSR count). The molecule has 0 spiro atoms. The fraction of sp³-hybridized carbons (Fsp3) is 0.167. The van der Waals surface area contributed by atoms with Crippen LogP contribution in [0, 0.1) is 0 Å². The monoisotopic (exact) mass is 340 g/mol. The third-order valence-electron chi connectivity index (χ3n) is 3.73. The summed E-state index contributed by atoms with van der Waals surface area (Å²) in [6.07, 6.45) is 0. The maximum Gasteiger partial charge on any atom is 0.255 e. The Labute approximate surface area is 143 Å². The number of fused-ring (bicyclic) bond motifs is 1. The highest BCUT2D eigenvalue weighted by Gasteiger charge is 2.24. The van der Waals surface area contributed by atoms with Crippen molar-refractivity contribution in [3.8, 4) is 0 Å². The number of Topliss-reactive ketones (excluding diaryl/α,β-unsaturated/α-hetero) is 1. The van der Waals surface area contributed by atoms with E-state index >= 15 is 0 Å². The van der Waals surface area contributed by atoms with E-state index in [4.69, 9.17) is 0 Å². The number of hydrogen-bond acceptors (Lipinski definition) is 4. The molecule has 1 aliphatic rings. The lowest BCUT2D eigenvalue weighted by Crippen LogP contribution is -2.26. The second-order valence-electron chi connectivity index (χ2n) is 5.52. The van der Waals surface area contributed by atoms with Crippen LogP contribution in [0.15, 0.2) is 47.4 Å². The van der Waals surface area contributed by atoms with E-state index in [-0.39, 0.29) is 22.8 Å². The minimum absolute atomic E-state index is 0.0769. The predicted octanol–water partition coefficient (Wildman–Crippen LogP) is 3.57. The molecule has 122 valence electrons. The normalized spacial score (nSPS) is 16.1. The Hall–Kier alpha value is -2.60. The number of para-hydroxylation sites is 1. The van der Waals surface area contributed by atoms with Crippen LogP contribution in [-0.4, -0.2) is 22.8 Å². The molecule has 24 heavy (non-hydrogen) atoms. The Bertz CT molecular complexity index is 848. The summed E-state index contributed by atoms with van der Waals surface area (Å²) in [5.41, 5.74) is 1.99. The van der Waals surface area contributed by atoms with Gasteiger partial charge in [0.15, 0.2) is 5.78 Å². The molecule has 1 atom stereocenters. The van der Waals surface area contributed by atoms with Crippen LogP contribution in [0.1, 0.15) is 34.6 Å². The van der Waals surface area contributed by atoms with Crippen molar-refractivity contribution in [3.63, 3.8) is 0 Å². The van der Waals surface area contributed by atoms with Crippen molar-refractivity contribution in [1.29, 1.82) is 0 Å². The van der Waals surface area contributed by atoms with E-state index < -0.39 is 0 Å². The summed E-state index contributed by atoms with van der Waals surface area (Å²) in [4.78, 5) is 36.8. The van der Waals surface area contributed by atoms with Crippen molar-refractivity contribution in [3.05, 3.63) is 53.6 Å². The molecule has 2 aromatic rings. The molecule has 2 amide bonds. The molecular formula is C18H16N2O3S. The molecule has 2 N–H and O–H groups in total. The van der Waals surface area contributed by atoms with Crippen molar-refractivity contribution >= 4 is 40.7 Å². The molecule has 6 heteroatoms. The van der Waals surface area contributed by atoms with Crippen molar-refractivity contribution in [1.82, 2.24) is 0 Å². The lowest BCUT2D eigenvalue weighted by Gasteiger charge is -2.21. The first-order valence-corrected chi connectivity index (χ1v) is 8.36. The topological polar surface area (TPSA) is 75.3 Å². The van der Waals surface area contributed by atoms with Gasteiger partial charge in [0.1, 0.15) is 0 Å². The summed E-state index contributed by atoms with van der Waals surface area (Å²) in [7, 11) is 0. The molecular weight excluding hydrogens is 324 g/mol. The Morgan fingerprint density at radius 1 is 1.17 bits per heavy atom. The SMILES string of the molecule is CC(=O)c1ccccc1NC(=O)c1ccc2c(c1)NC(=O)[C@H](C)S2. The summed E-state index contributed by atoms with van der Waals surface area (Å²) in [6.45, 7) is 3.29. The minimum Gasteiger partial charge on any atom is -0.324 e. The van der Waals surface area contributed by atoms with E-state index in [2.05, 4.69) is 10.6 Å². The number of nitrogens with one attached hydrogen (secondary N) is 2. The molecule has 2 aromatic carbocycles. The van der Waals surface area contributed by atoms with Gasteiger partial charge < -0.3 is 10.6 Å². The number of carbonyl (C=O) groups is 3. The largest absolute Gasteiger partial charge is 0.324 e. The summed E-state index contributed by atoms with van der Waals surface area (Å²) >= 11 is 1.46. The number of amides is 2. The molecule has 1 aliphatic heterocycles. The Morgan fingerprint density at radius 3 is 2.67 bits per heavy atom. The summed E-state index contributed by atoms with van der Waals surface area (Å²) in [5, 5.41) is 5.41. The molecule has 0 saturated heterocycles. The zero-order valence-electron chi connectivity index (χ0n) is 13.3. The molecule has 0 aliphatic carbocycles. The first-order valence-electron chi connectivity index (χ1n) is 7.48.